The highest BCUT2D eigenvalue weighted by molar-refractivity contribution is 7.89. The number of benzene rings is 1. The van der Waals surface area contributed by atoms with E-state index in [4.69, 9.17) is 9.47 Å². The molecule has 1 N–H and O–H groups in total. The molecule has 0 radical (unpaired) electrons. The van der Waals surface area contributed by atoms with E-state index in [0.717, 1.165) is 31.7 Å². The van der Waals surface area contributed by atoms with Gasteiger partial charge in [-0.3, -0.25) is 0 Å². The monoisotopic (exact) mass is 329 g/mol. The molecule has 2 aliphatic rings. The number of halogens is 1. The smallest absolute Gasteiger partial charge is 0.240 e. The normalized spacial score (nSPS) is 24.7. The van der Waals surface area contributed by atoms with Crippen molar-refractivity contribution in [3.63, 3.8) is 0 Å². The van der Waals surface area contributed by atoms with Crippen molar-refractivity contribution in [3.8, 4) is 0 Å². The van der Waals surface area contributed by atoms with Crippen molar-refractivity contribution >= 4 is 10.0 Å². The van der Waals surface area contributed by atoms with Crippen molar-refractivity contribution in [1.82, 2.24) is 4.72 Å². The Labute approximate surface area is 129 Å². The molecular formula is C15H20FNO4S. The molecule has 1 aliphatic carbocycles. The summed E-state index contributed by atoms with van der Waals surface area (Å²) in [6, 6.07) is 4.94. The van der Waals surface area contributed by atoms with Crippen LogP contribution in [0.4, 0.5) is 4.39 Å². The van der Waals surface area contributed by atoms with E-state index in [1.54, 1.807) is 0 Å². The minimum atomic E-state index is -3.74. The molecule has 1 saturated heterocycles. The first-order valence-corrected chi connectivity index (χ1v) is 9.04. The molecule has 0 unspecified atom stereocenters. The molecule has 7 heteroatoms. The molecule has 1 atom stereocenters. The Hall–Kier alpha value is -1.02. The summed E-state index contributed by atoms with van der Waals surface area (Å²) in [7, 11) is -3.74. The average Bonchev–Trinajstić information content (AvgIpc) is 2.89. The number of ether oxygens (including phenoxy) is 2. The fourth-order valence-electron chi connectivity index (χ4n) is 2.99. The Morgan fingerprint density at radius 3 is 2.77 bits per heavy atom. The van der Waals surface area contributed by atoms with E-state index in [1.807, 2.05) is 0 Å². The van der Waals surface area contributed by atoms with Crippen LogP contribution in [0.1, 0.15) is 32.1 Å². The Morgan fingerprint density at radius 1 is 1.27 bits per heavy atom. The van der Waals surface area contributed by atoms with Crippen LogP contribution < -0.4 is 4.72 Å². The van der Waals surface area contributed by atoms with E-state index in [0.29, 0.717) is 6.61 Å². The van der Waals surface area contributed by atoms with Gasteiger partial charge in [-0.05, 0) is 31.0 Å². The van der Waals surface area contributed by atoms with Gasteiger partial charge in [0.2, 0.25) is 10.0 Å². The zero-order valence-electron chi connectivity index (χ0n) is 12.3. The predicted octanol–water partition coefficient (Wildman–Crippen LogP) is 2.18. The Kier molecular flexibility index (Phi) is 4.49. The van der Waals surface area contributed by atoms with Crippen LogP contribution in [0.15, 0.2) is 29.2 Å². The van der Waals surface area contributed by atoms with Crippen LogP contribution in [0, 0.1) is 5.82 Å². The molecule has 1 spiro atoms. The summed E-state index contributed by atoms with van der Waals surface area (Å²) in [5, 5.41) is 0. The van der Waals surface area contributed by atoms with Gasteiger partial charge in [0.25, 0.3) is 0 Å². The summed E-state index contributed by atoms with van der Waals surface area (Å²) in [5.74, 6) is -1.10. The highest BCUT2D eigenvalue weighted by Gasteiger charge is 2.42. The lowest BCUT2D eigenvalue weighted by molar-refractivity contribution is -0.186. The van der Waals surface area contributed by atoms with Crippen molar-refractivity contribution in [3.05, 3.63) is 30.1 Å². The standard InChI is InChI=1S/C15H20FNO4S/c16-12-5-4-6-14(9-12)22(18,19)17-10-13-11-20-15(21-13)7-2-1-3-8-15/h4-6,9,13,17H,1-3,7-8,10-11H2/t13-/m0/s1. The highest BCUT2D eigenvalue weighted by atomic mass is 32.2. The van der Waals surface area contributed by atoms with Crippen molar-refractivity contribution in [1.29, 1.82) is 0 Å². The fraction of sp³-hybridized carbons (Fsp3) is 0.600. The number of hydrogen-bond donors (Lipinski definition) is 1. The Bertz CT molecular complexity index is 628. The maximum atomic E-state index is 13.1. The second-order valence-electron chi connectivity index (χ2n) is 5.83. The van der Waals surface area contributed by atoms with E-state index in [1.165, 1.54) is 24.6 Å². The van der Waals surface area contributed by atoms with Crippen molar-refractivity contribution in [2.45, 2.75) is 48.9 Å². The van der Waals surface area contributed by atoms with Crippen LogP contribution in [0.3, 0.4) is 0 Å². The molecule has 1 heterocycles. The molecular weight excluding hydrogens is 309 g/mol. The lowest BCUT2D eigenvalue weighted by atomic mass is 9.94. The van der Waals surface area contributed by atoms with Crippen molar-refractivity contribution in [2.75, 3.05) is 13.2 Å². The van der Waals surface area contributed by atoms with Gasteiger partial charge in [0.1, 0.15) is 5.82 Å². The van der Waals surface area contributed by atoms with Gasteiger partial charge in [-0.15, -0.1) is 0 Å². The third-order valence-corrected chi connectivity index (χ3v) is 5.56. The second kappa shape index (κ2) is 6.23. The van der Waals surface area contributed by atoms with Crippen LogP contribution >= 0.6 is 0 Å². The molecule has 3 rings (SSSR count). The second-order valence-corrected chi connectivity index (χ2v) is 7.60. The van der Waals surface area contributed by atoms with E-state index in [2.05, 4.69) is 4.72 Å². The van der Waals surface area contributed by atoms with Gasteiger partial charge < -0.3 is 9.47 Å². The SMILES string of the molecule is O=S(=O)(NC[C@H]1COC2(CCCCC2)O1)c1cccc(F)c1. The summed E-state index contributed by atoms with van der Waals surface area (Å²) in [5.41, 5.74) is 0. The summed E-state index contributed by atoms with van der Waals surface area (Å²) in [6.45, 7) is 0.506. The molecule has 5 nitrogen and oxygen atoms in total. The average molecular weight is 329 g/mol. The Morgan fingerprint density at radius 2 is 2.05 bits per heavy atom. The van der Waals surface area contributed by atoms with E-state index < -0.39 is 21.6 Å². The predicted molar refractivity (Wildman–Crippen MR) is 78.2 cm³/mol. The van der Waals surface area contributed by atoms with E-state index in [-0.39, 0.29) is 17.5 Å². The zero-order valence-corrected chi connectivity index (χ0v) is 13.1. The fourth-order valence-corrected chi connectivity index (χ4v) is 4.09. The number of rotatable bonds is 4. The van der Waals surface area contributed by atoms with Gasteiger partial charge >= 0.3 is 0 Å². The minimum absolute atomic E-state index is 0.0844. The maximum absolute atomic E-state index is 13.1. The molecule has 1 aromatic carbocycles. The molecule has 0 aromatic heterocycles. The molecule has 122 valence electrons. The molecule has 0 amide bonds. The van der Waals surface area contributed by atoms with Crippen molar-refractivity contribution in [2.24, 2.45) is 0 Å². The lowest BCUT2D eigenvalue weighted by Crippen LogP contribution is -2.37. The van der Waals surface area contributed by atoms with Crippen LogP contribution in [0.25, 0.3) is 0 Å². The first kappa shape index (κ1) is 15.9. The largest absolute Gasteiger partial charge is 0.347 e. The van der Waals surface area contributed by atoms with Gasteiger partial charge in [0.15, 0.2) is 5.79 Å². The zero-order chi connectivity index (χ0) is 15.6. The maximum Gasteiger partial charge on any atom is 0.240 e. The van der Waals surface area contributed by atoms with Crippen LogP contribution in [0.2, 0.25) is 0 Å². The van der Waals surface area contributed by atoms with Gasteiger partial charge in [-0.1, -0.05) is 12.5 Å². The molecule has 0 bridgehead atoms. The number of hydrogen-bond acceptors (Lipinski definition) is 4. The van der Waals surface area contributed by atoms with E-state index in [9.17, 15) is 12.8 Å². The molecule has 1 saturated carbocycles. The molecule has 1 aliphatic heterocycles. The summed E-state index contributed by atoms with van der Waals surface area (Å²) in [4.78, 5) is -0.0844. The first-order chi connectivity index (χ1) is 10.5. The quantitative estimate of drug-likeness (QED) is 0.919. The van der Waals surface area contributed by atoms with Gasteiger partial charge in [0.05, 0.1) is 17.6 Å². The van der Waals surface area contributed by atoms with Gasteiger partial charge in [-0.25, -0.2) is 17.5 Å². The van der Waals surface area contributed by atoms with Crippen LogP contribution in [-0.2, 0) is 19.5 Å². The van der Waals surface area contributed by atoms with Gasteiger partial charge in [-0.2, -0.15) is 0 Å². The molecule has 2 fully saturated rings. The minimum Gasteiger partial charge on any atom is -0.347 e. The number of sulfonamides is 1. The van der Waals surface area contributed by atoms with Crippen LogP contribution in [-0.4, -0.2) is 33.5 Å². The number of nitrogens with one attached hydrogen (secondary N) is 1. The molecule has 1 aromatic rings. The first-order valence-electron chi connectivity index (χ1n) is 7.56. The Balaban J connectivity index is 1.58. The highest BCUT2D eigenvalue weighted by Crippen LogP contribution is 2.37. The van der Waals surface area contributed by atoms with Gasteiger partial charge in [0, 0.05) is 19.4 Å². The third kappa shape index (κ3) is 3.48. The van der Waals surface area contributed by atoms with Crippen molar-refractivity contribution < 1.29 is 22.3 Å². The topological polar surface area (TPSA) is 64.6 Å². The van der Waals surface area contributed by atoms with Crippen LogP contribution in [0.5, 0.6) is 0 Å². The third-order valence-electron chi connectivity index (χ3n) is 4.14. The summed E-state index contributed by atoms with van der Waals surface area (Å²) in [6.07, 6.45) is 4.75. The lowest BCUT2D eigenvalue weighted by Gasteiger charge is -2.31. The summed E-state index contributed by atoms with van der Waals surface area (Å²) >= 11 is 0. The summed E-state index contributed by atoms with van der Waals surface area (Å²) < 4.78 is 51.6. The molecule has 22 heavy (non-hydrogen) atoms. The van der Waals surface area contributed by atoms with E-state index >= 15 is 0 Å².